The SMILES string of the molecule is c1ccc2cc(-c3ccc(N(c4ccc(-c5ccc(-c6ccc7oc8ccccc8c7c6)cc5)cc4)c4ccc(-c5cc6ccccc6s5)cc4)cc3)ccc2c1. The van der Waals surface area contributed by atoms with Gasteiger partial charge in [0.25, 0.3) is 0 Å². The van der Waals surface area contributed by atoms with Crippen molar-refractivity contribution in [1.29, 1.82) is 0 Å². The Morgan fingerprint density at radius 1 is 0.316 bits per heavy atom. The number of hydrogen-bond donors (Lipinski definition) is 0. The highest BCUT2D eigenvalue weighted by Crippen LogP contribution is 2.40. The summed E-state index contributed by atoms with van der Waals surface area (Å²) >= 11 is 1.84. The van der Waals surface area contributed by atoms with Crippen molar-refractivity contribution < 1.29 is 4.42 Å². The average Bonchev–Trinajstić information content (AvgIpc) is 3.89. The normalized spacial score (nSPS) is 11.5. The van der Waals surface area contributed by atoms with Crippen LogP contribution in [0, 0.1) is 0 Å². The molecule has 0 saturated heterocycles. The molecule has 0 fully saturated rings. The van der Waals surface area contributed by atoms with Gasteiger partial charge in [-0.05, 0) is 128 Å². The zero-order valence-electron chi connectivity index (χ0n) is 31.0. The van der Waals surface area contributed by atoms with Crippen LogP contribution in [0.1, 0.15) is 0 Å². The molecule has 0 radical (unpaired) electrons. The Morgan fingerprint density at radius 2 is 0.789 bits per heavy atom. The topological polar surface area (TPSA) is 16.4 Å². The van der Waals surface area contributed by atoms with E-state index >= 15 is 0 Å². The van der Waals surface area contributed by atoms with Gasteiger partial charge in [-0.3, -0.25) is 0 Å². The van der Waals surface area contributed by atoms with E-state index in [1.807, 2.05) is 23.5 Å². The first-order valence-corrected chi connectivity index (χ1v) is 20.1. The van der Waals surface area contributed by atoms with E-state index in [4.69, 9.17) is 4.42 Å². The Labute approximate surface area is 335 Å². The maximum absolute atomic E-state index is 6.07. The summed E-state index contributed by atoms with van der Waals surface area (Å²) in [5, 5.41) is 6.08. The second-order valence-electron chi connectivity index (χ2n) is 14.6. The summed E-state index contributed by atoms with van der Waals surface area (Å²) in [6.07, 6.45) is 0. The third-order valence-electron chi connectivity index (χ3n) is 11.1. The Bertz CT molecular complexity index is 3180. The lowest BCUT2D eigenvalue weighted by molar-refractivity contribution is 0.669. The lowest BCUT2D eigenvalue weighted by Gasteiger charge is -2.26. The minimum absolute atomic E-state index is 0.915. The molecule has 0 saturated carbocycles. The van der Waals surface area contributed by atoms with Gasteiger partial charge in [-0.2, -0.15) is 0 Å². The standard InChI is InChI=1S/C54H35NOS/c1-2-8-42-33-43(18-17-36(42)7-1)40-21-28-47(29-22-40)55(48-30-23-41(24-31-48)54-35-45-9-3-6-12-53(45)57-54)46-26-19-38(20-27-46)37-13-15-39(16-14-37)44-25-32-52-50(34-44)49-10-4-5-11-51(49)56-52/h1-35H. The molecular formula is C54H35NOS. The largest absolute Gasteiger partial charge is 0.456 e. The monoisotopic (exact) mass is 745 g/mol. The maximum atomic E-state index is 6.07. The van der Waals surface area contributed by atoms with Crippen LogP contribution >= 0.6 is 11.3 Å². The van der Waals surface area contributed by atoms with E-state index in [0.717, 1.165) is 39.0 Å². The first-order valence-electron chi connectivity index (χ1n) is 19.3. The van der Waals surface area contributed by atoms with Gasteiger partial charge >= 0.3 is 0 Å². The van der Waals surface area contributed by atoms with Crippen LogP contribution in [-0.2, 0) is 0 Å². The summed E-state index contributed by atoms with van der Waals surface area (Å²) in [6, 6.07) is 76.6. The smallest absolute Gasteiger partial charge is 0.135 e. The van der Waals surface area contributed by atoms with Crippen molar-refractivity contribution in [3.05, 3.63) is 212 Å². The summed E-state index contributed by atoms with van der Waals surface area (Å²) in [5.74, 6) is 0. The van der Waals surface area contributed by atoms with Crippen LogP contribution in [0.4, 0.5) is 17.1 Å². The Kier molecular flexibility index (Phi) is 8.04. The van der Waals surface area contributed by atoms with Gasteiger partial charge in [-0.15, -0.1) is 11.3 Å². The third-order valence-corrected chi connectivity index (χ3v) is 12.3. The minimum Gasteiger partial charge on any atom is -0.456 e. The van der Waals surface area contributed by atoms with E-state index < -0.39 is 0 Å². The fourth-order valence-corrected chi connectivity index (χ4v) is 9.15. The molecule has 2 heterocycles. The molecule has 0 atom stereocenters. The van der Waals surface area contributed by atoms with Gasteiger partial charge in [0.15, 0.2) is 0 Å². The van der Waals surface area contributed by atoms with Crippen molar-refractivity contribution in [3.8, 4) is 43.8 Å². The molecule has 0 aliphatic heterocycles. The molecule has 0 spiro atoms. The molecule has 0 unspecified atom stereocenters. The molecule has 2 nitrogen and oxygen atoms in total. The van der Waals surface area contributed by atoms with Crippen LogP contribution in [0.25, 0.3) is 86.6 Å². The molecule has 11 rings (SSSR count). The summed E-state index contributed by atoms with van der Waals surface area (Å²) in [4.78, 5) is 3.63. The van der Waals surface area contributed by atoms with Crippen LogP contribution < -0.4 is 4.90 Å². The van der Waals surface area contributed by atoms with Crippen molar-refractivity contribution in [2.24, 2.45) is 0 Å². The summed E-state index contributed by atoms with van der Waals surface area (Å²) in [5.41, 5.74) is 13.5. The van der Waals surface area contributed by atoms with Crippen molar-refractivity contribution in [2.45, 2.75) is 0 Å². The lowest BCUT2D eigenvalue weighted by atomic mass is 9.98. The predicted octanol–water partition coefficient (Wildman–Crippen LogP) is 16.1. The molecule has 0 amide bonds. The zero-order valence-corrected chi connectivity index (χ0v) is 31.8. The number of hydrogen-bond acceptors (Lipinski definition) is 3. The molecule has 57 heavy (non-hydrogen) atoms. The van der Waals surface area contributed by atoms with Crippen LogP contribution in [0.3, 0.4) is 0 Å². The molecule has 0 aliphatic carbocycles. The molecule has 2 aromatic heterocycles. The van der Waals surface area contributed by atoms with Crippen LogP contribution in [-0.4, -0.2) is 0 Å². The van der Waals surface area contributed by atoms with Crippen molar-refractivity contribution in [1.82, 2.24) is 0 Å². The van der Waals surface area contributed by atoms with Gasteiger partial charge in [0, 0.05) is 37.4 Å². The maximum Gasteiger partial charge on any atom is 0.135 e. The zero-order chi connectivity index (χ0) is 37.7. The lowest BCUT2D eigenvalue weighted by Crippen LogP contribution is -2.09. The second kappa shape index (κ2) is 13.8. The molecule has 0 aliphatic rings. The van der Waals surface area contributed by atoms with E-state index in [-0.39, 0.29) is 0 Å². The number of benzene rings is 9. The van der Waals surface area contributed by atoms with Gasteiger partial charge in [0.1, 0.15) is 11.2 Å². The molecular weight excluding hydrogens is 711 g/mol. The average molecular weight is 746 g/mol. The Balaban J connectivity index is 0.915. The van der Waals surface area contributed by atoms with E-state index in [1.54, 1.807) is 0 Å². The number of furan rings is 1. The van der Waals surface area contributed by atoms with Gasteiger partial charge in [0.2, 0.25) is 0 Å². The summed E-state index contributed by atoms with van der Waals surface area (Å²) in [7, 11) is 0. The van der Waals surface area contributed by atoms with E-state index in [2.05, 4.69) is 205 Å². The summed E-state index contributed by atoms with van der Waals surface area (Å²) in [6.45, 7) is 0. The van der Waals surface area contributed by atoms with Gasteiger partial charge in [-0.1, -0.05) is 140 Å². The minimum atomic E-state index is 0.915. The first-order chi connectivity index (χ1) is 28.2. The fraction of sp³-hybridized carbons (Fsp3) is 0. The third kappa shape index (κ3) is 6.15. The molecule has 268 valence electrons. The highest BCUT2D eigenvalue weighted by molar-refractivity contribution is 7.22. The second-order valence-corrected chi connectivity index (χ2v) is 15.7. The number of thiophene rings is 1. The highest BCUT2D eigenvalue weighted by Gasteiger charge is 2.15. The molecule has 0 bridgehead atoms. The van der Waals surface area contributed by atoms with Crippen LogP contribution in [0.15, 0.2) is 217 Å². The molecule has 11 aromatic rings. The number of fused-ring (bicyclic) bond motifs is 5. The first kappa shape index (κ1) is 33.2. The quantitative estimate of drug-likeness (QED) is 0.162. The fourth-order valence-electron chi connectivity index (χ4n) is 8.08. The van der Waals surface area contributed by atoms with Gasteiger partial charge in [-0.25, -0.2) is 0 Å². The number of para-hydroxylation sites is 1. The van der Waals surface area contributed by atoms with Crippen molar-refractivity contribution >= 4 is 71.2 Å². The number of rotatable bonds is 7. The van der Waals surface area contributed by atoms with Gasteiger partial charge in [0.05, 0.1) is 0 Å². The number of nitrogens with zero attached hydrogens (tertiary/aromatic N) is 1. The Morgan fingerprint density at radius 3 is 1.46 bits per heavy atom. The molecule has 3 heteroatoms. The molecule has 0 N–H and O–H groups in total. The van der Waals surface area contributed by atoms with Crippen molar-refractivity contribution in [2.75, 3.05) is 4.90 Å². The van der Waals surface area contributed by atoms with Crippen LogP contribution in [0.5, 0.6) is 0 Å². The van der Waals surface area contributed by atoms with Gasteiger partial charge < -0.3 is 9.32 Å². The predicted molar refractivity (Wildman–Crippen MR) is 243 cm³/mol. The highest BCUT2D eigenvalue weighted by atomic mass is 32.1. The van der Waals surface area contributed by atoms with E-state index in [9.17, 15) is 0 Å². The Hall–Kier alpha value is -7.20. The van der Waals surface area contributed by atoms with E-state index in [0.29, 0.717) is 0 Å². The summed E-state index contributed by atoms with van der Waals surface area (Å²) < 4.78 is 7.38. The number of anilines is 3. The van der Waals surface area contributed by atoms with Crippen LogP contribution in [0.2, 0.25) is 0 Å². The molecule has 9 aromatic carbocycles. The van der Waals surface area contributed by atoms with E-state index in [1.165, 1.54) is 64.7 Å². The van der Waals surface area contributed by atoms with Crippen molar-refractivity contribution in [3.63, 3.8) is 0 Å².